The Hall–Kier alpha value is -1.60. The highest BCUT2D eigenvalue weighted by molar-refractivity contribution is 5.74. The molecule has 0 aliphatic carbocycles. The van der Waals surface area contributed by atoms with E-state index in [-0.39, 0.29) is 11.9 Å². The molecule has 1 unspecified atom stereocenters. The summed E-state index contributed by atoms with van der Waals surface area (Å²) >= 11 is 0. The lowest BCUT2D eigenvalue weighted by atomic mass is 10.0. The smallest absolute Gasteiger partial charge is 0.383 e. The molecule has 1 fully saturated rings. The quantitative estimate of drug-likeness (QED) is 0.851. The lowest BCUT2D eigenvalue weighted by Crippen LogP contribution is -2.50. The number of halogens is 3. The fourth-order valence-corrected chi connectivity index (χ4v) is 2.82. The van der Waals surface area contributed by atoms with Gasteiger partial charge >= 0.3 is 6.18 Å². The Morgan fingerprint density at radius 1 is 1.26 bits per heavy atom. The van der Waals surface area contributed by atoms with Gasteiger partial charge in [0.2, 0.25) is 5.91 Å². The third-order valence-electron chi connectivity index (χ3n) is 4.10. The van der Waals surface area contributed by atoms with E-state index in [4.69, 9.17) is 4.74 Å². The lowest BCUT2D eigenvalue weighted by Gasteiger charge is -2.41. The van der Waals surface area contributed by atoms with Crippen LogP contribution in [-0.4, -0.2) is 55.6 Å². The van der Waals surface area contributed by atoms with Gasteiger partial charge in [0.25, 0.3) is 0 Å². The largest absolute Gasteiger partial charge is 0.416 e. The summed E-state index contributed by atoms with van der Waals surface area (Å²) in [5, 5.41) is 0. The van der Waals surface area contributed by atoms with Crippen LogP contribution in [-0.2, 0) is 15.7 Å². The molecule has 0 N–H and O–H groups in total. The fourth-order valence-electron chi connectivity index (χ4n) is 2.82. The summed E-state index contributed by atoms with van der Waals surface area (Å²) in [5.74, 6) is -0.0683. The van der Waals surface area contributed by atoms with Crippen LogP contribution < -0.4 is 0 Å². The second-order valence-corrected chi connectivity index (χ2v) is 5.64. The lowest BCUT2D eigenvalue weighted by molar-refractivity contribution is -0.138. The van der Waals surface area contributed by atoms with E-state index in [0.29, 0.717) is 19.7 Å². The molecule has 1 saturated heterocycles. The highest BCUT2D eigenvalue weighted by Gasteiger charge is 2.32. The predicted molar refractivity (Wildman–Crippen MR) is 79.9 cm³/mol. The second kappa shape index (κ2) is 7.31. The van der Waals surface area contributed by atoms with Crippen molar-refractivity contribution in [3.8, 4) is 0 Å². The van der Waals surface area contributed by atoms with Gasteiger partial charge in [-0.1, -0.05) is 12.1 Å². The highest BCUT2D eigenvalue weighted by Crippen LogP contribution is 2.32. The minimum absolute atomic E-state index is 0.0683. The molecule has 128 valence electrons. The molecule has 0 bridgehead atoms. The summed E-state index contributed by atoms with van der Waals surface area (Å²) in [5.41, 5.74) is 0.0398. The number of ether oxygens (including phenoxy) is 1. The number of methoxy groups -OCH3 is 1. The van der Waals surface area contributed by atoms with Crippen molar-refractivity contribution in [2.45, 2.75) is 19.1 Å². The minimum atomic E-state index is -4.35. The van der Waals surface area contributed by atoms with E-state index >= 15 is 0 Å². The Bertz CT molecular complexity index is 531. The highest BCUT2D eigenvalue weighted by atomic mass is 19.4. The van der Waals surface area contributed by atoms with Crippen molar-refractivity contribution >= 4 is 5.91 Å². The zero-order valence-electron chi connectivity index (χ0n) is 13.3. The van der Waals surface area contributed by atoms with Gasteiger partial charge < -0.3 is 9.64 Å². The molecule has 1 aromatic rings. The van der Waals surface area contributed by atoms with E-state index in [0.717, 1.165) is 30.8 Å². The molecule has 4 nitrogen and oxygen atoms in total. The molecule has 0 saturated carbocycles. The van der Waals surface area contributed by atoms with E-state index in [1.165, 1.54) is 19.1 Å². The number of rotatable bonds is 4. The number of hydrogen-bond acceptors (Lipinski definition) is 3. The molecule has 1 aromatic carbocycles. The third kappa shape index (κ3) is 4.45. The maximum Gasteiger partial charge on any atom is 0.416 e. The van der Waals surface area contributed by atoms with E-state index in [2.05, 4.69) is 4.90 Å². The monoisotopic (exact) mass is 330 g/mol. The summed E-state index contributed by atoms with van der Waals surface area (Å²) in [6, 6.07) is 4.83. The standard InChI is InChI=1S/C16H21F3N2O2/c1-12(22)21-8-7-20(9-10-23-2)11-15(21)13-3-5-14(6-4-13)16(17,18)19/h3-6,15H,7-11H2,1-2H3. The Labute approximate surface area is 133 Å². The second-order valence-electron chi connectivity index (χ2n) is 5.64. The first kappa shape index (κ1) is 17.7. The number of carbonyl (C=O) groups is 1. The van der Waals surface area contributed by atoms with Crippen LogP contribution in [0.1, 0.15) is 24.1 Å². The van der Waals surface area contributed by atoms with E-state index in [9.17, 15) is 18.0 Å². The summed E-state index contributed by atoms with van der Waals surface area (Å²) in [6.45, 7) is 4.69. The summed E-state index contributed by atoms with van der Waals surface area (Å²) in [7, 11) is 1.62. The molecule has 1 amide bonds. The number of alkyl halides is 3. The van der Waals surface area contributed by atoms with Crippen LogP contribution in [0.3, 0.4) is 0 Å². The number of benzene rings is 1. The number of amides is 1. The van der Waals surface area contributed by atoms with Crippen molar-refractivity contribution in [3.05, 3.63) is 35.4 Å². The van der Waals surface area contributed by atoms with Crippen molar-refractivity contribution in [3.63, 3.8) is 0 Å². The van der Waals surface area contributed by atoms with Gasteiger partial charge in [-0.2, -0.15) is 13.2 Å². The average Bonchev–Trinajstić information content (AvgIpc) is 2.51. The molecule has 1 atom stereocenters. The van der Waals surface area contributed by atoms with Crippen molar-refractivity contribution in [2.24, 2.45) is 0 Å². The van der Waals surface area contributed by atoms with Gasteiger partial charge in [0.05, 0.1) is 18.2 Å². The zero-order valence-corrected chi connectivity index (χ0v) is 13.3. The van der Waals surface area contributed by atoms with Gasteiger partial charge in [-0.3, -0.25) is 9.69 Å². The number of carbonyl (C=O) groups excluding carboxylic acids is 1. The van der Waals surface area contributed by atoms with Crippen molar-refractivity contribution in [1.29, 1.82) is 0 Å². The van der Waals surface area contributed by atoms with Crippen molar-refractivity contribution in [1.82, 2.24) is 9.80 Å². The van der Waals surface area contributed by atoms with Crippen LogP contribution in [0, 0.1) is 0 Å². The molecular weight excluding hydrogens is 309 g/mol. The maximum absolute atomic E-state index is 12.7. The van der Waals surface area contributed by atoms with E-state index in [1.54, 1.807) is 12.0 Å². The normalized spacial score (nSPS) is 19.9. The fraction of sp³-hybridized carbons (Fsp3) is 0.562. The molecule has 1 aliphatic rings. The predicted octanol–water partition coefficient (Wildman–Crippen LogP) is 2.56. The molecule has 23 heavy (non-hydrogen) atoms. The van der Waals surface area contributed by atoms with Gasteiger partial charge in [-0.15, -0.1) is 0 Å². The molecule has 1 aliphatic heterocycles. The summed E-state index contributed by atoms with van der Waals surface area (Å²) in [6.07, 6.45) is -4.35. The van der Waals surface area contributed by atoms with Gasteiger partial charge in [0.15, 0.2) is 0 Å². The molecule has 2 rings (SSSR count). The van der Waals surface area contributed by atoms with Crippen LogP contribution in [0.4, 0.5) is 13.2 Å². The first-order valence-electron chi connectivity index (χ1n) is 7.48. The Kier molecular flexibility index (Phi) is 5.64. The van der Waals surface area contributed by atoms with Gasteiger partial charge in [0, 0.05) is 40.2 Å². The van der Waals surface area contributed by atoms with E-state index < -0.39 is 11.7 Å². The first-order chi connectivity index (χ1) is 10.8. The molecule has 0 spiro atoms. The SMILES string of the molecule is COCCN1CCN(C(C)=O)C(c2ccc(C(F)(F)F)cc2)C1. The van der Waals surface area contributed by atoms with Crippen LogP contribution >= 0.6 is 0 Å². The Morgan fingerprint density at radius 3 is 2.43 bits per heavy atom. The van der Waals surface area contributed by atoms with Crippen LogP contribution in [0.5, 0.6) is 0 Å². The maximum atomic E-state index is 12.7. The zero-order chi connectivity index (χ0) is 17.0. The first-order valence-corrected chi connectivity index (χ1v) is 7.48. The topological polar surface area (TPSA) is 32.8 Å². The Morgan fingerprint density at radius 2 is 1.91 bits per heavy atom. The van der Waals surface area contributed by atoms with Crippen molar-refractivity contribution < 1.29 is 22.7 Å². The number of nitrogens with zero attached hydrogens (tertiary/aromatic N) is 2. The van der Waals surface area contributed by atoms with Crippen LogP contribution in [0.15, 0.2) is 24.3 Å². The number of piperazine rings is 1. The Balaban J connectivity index is 2.19. The van der Waals surface area contributed by atoms with Gasteiger partial charge in [-0.25, -0.2) is 0 Å². The van der Waals surface area contributed by atoms with Crippen LogP contribution in [0.2, 0.25) is 0 Å². The number of hydrogen-bond donors (Lipinski definition) is 0. The summed E-state index contributed by atoms with van der Waals surface area (Å²) in [4.78, 5) is 15.7. The molecule has 1 heterocycles. The molecule has 0 radical (unpaired) electrons. The van der Waals surface area contributed by atoms with Crippen molar-refractivity contribution in [2.75, 3.05) is 39.9 Å². The average molecular weight is 330 g/mol. The van der Waals surface area contributed by atoms with Gasteiger partial charge in [0.1, 0.15) is 0 Å². The molecule has 7 heteroatoms. The molecular formula is C16H21F3N2O2. The molecule has 0 aromatic heterocycles. The summed E-state index contributed by atoms with van der Waals surface area (Å²) < 4.78 is 43.1. The van der Waals surface area contributed by atoms with Gasteiger partial charge in [-0.05, 0) is 17.7 Å². The van der Waals surface area contributed by atoms with Crippen LogP contribution in [0.25, 0.3) is 0 Å². The van der Waals surface area contributed by atoms with E-state index in [1.807, 2.05) is 0 Å². The minimum Gasteiger partial charge on any atom is -0.383 e. The third-order valence-corrected chi connectivity index (χ3v) is 4.10.